The van der Waals surface area contributed by atoms with Gasteiger partial charge < -0.3 is 86.1 Å². The van der Waals surface area contributed by atoms with Crippen LogP contribution in [0.2, 0.25) is 0 Å². The van der Waals surface area contributed by atoms with Crippen molar-refractivity contribution in [3.05, 3.63) is 225 Å². The van der Waals surface area contributed by atoms with E-state index in [-0.39, 0.29) is 0 Å². The molecule has 0 bridgehead atoms. The fraction of sp³-hybridized carbons (Fsp3) is 0.400. The van der Waals surface area contributed by atoms with Crippen molar-refractivity contribution < 1.29 is 166 Å². The van der Waals surface area contributed by atoms with E-state index in [1.807, 2.05) is 503 Å². The molecule has 0 saturated heterocycles. The van der Waals surface area contributed by atoms with E-state index in [9.17, 15) is 25.2 Å². The van der Waals surface area contributed by atoms with Crippen molar-refractivity contribution >= 4 is 47.4 Å². The van der Waals surface area contributed by atoms with Crippen LogP contribution in [0.1, 0.15) is 0 Å². The Morgan fingerprint density at radius 1 is 0.167 bits per heavy atom. The first-order chi connectivity index (χ1) is 51.5. The van der Waals surface area contributed by atoms with Gasteiger partial charge in [-0.25, -0.2) is 135 Å². The van der Waals surface area contributed by atoms with Crippen LogP contribution in [0, 0.1) is 0 Å². The summed E-state index contributed by atoms with van der Waals surface area (Å²) in [5.74, 6) is 0. The monoisotopic (exact) mass is 1750 g/mol. The van der Waals surface area contributed by atoms with Gasteiger partial charge in [-0.1, -0.05) is 0 Å². The average Bonchev–Trinajstić information content (AvgIpc) is 1.92. The maximum atomic E-state index is 10.1. The van der Waals surface area contributed by atoms with Gasteiger partial charge in [0.15, 0.2) is 0 Å². The molecule has 0 unspecified atom stereocenters. The molecule has 0 fully saturated rings. The van der Waals surface area contributed by atoms with Gasteiger partial charge in [0.25, 0.3) is 0 Å². The predicted octanol–water partition coefficient (Wildman–Crippen LogP) is -9.10. The summed E-state index contributed by atoms with van der Waals surface area (Å²) < 4.78 is 159. The second-order valence-corrected chi connectivity index (χ2v) is 28.7. The van der Waals surface area contributed by atoms with Crippen molar-refractivity contribution in [1.29, 1.82) is 0 Å². The molecule has 0 aliphatic heterocycles. The highest BCUT2D eigenvalue weighted by Gasteiger charge is 1.95. The zero-order chi connectivity index (χ0) is 90.3. The minimum absolute atomic E-state index is 2.00. The van der Waals surface area contributed by atoms with Crippen molar-refractivity contribution in [3.63, 3.8) is 0 Å². The minimum atomic E-state index is -5.64. The van der Waals surface area contributed by atoms with Crippen LogP contribution in [-0.2, 0) is 197 Å². The minimum Gasteiger partial charge on any atom is -0.786 e. The quantitative estimate of drug-likeness (QED) is 0.0773. The first-order valence-corrected chi connectivity index (χ1v) is 40.0. The average molecular weight is 1750 g/mol. The molecule has 0 aliphatic rings. The van der Waals surface area contributed by atoms with E-state index in [1.54, 1.807) is 0 Å². The van der Waals surface area contributed by atoms with Crippen LogP contribution in [0.15, 0.2) is 225 Å². The molecule has 0 amide bonds. The molecule has 12 heterocycles. The van der Waals surface area contributed by atoms with Gasteiger partial charge in [-0.15, -0.1) is 0 Å². The Balaban J connectivity index is -0.000000271. The first-order valence-electron chi connectivity index (χ1n) is 31.4. The summed E-state index contributed by atoms with van der Waals surface area (Å²) in [6.07, 6.45) is 72.0. The predicted molar refractivity (Wildman–Crippen MR) is 371 cm³/mol. The lowest BCUT2D eigenvalue weighted by Crippen LogP contribution is -2.23. The van der Waals surface area contributed by atoms with E-state index in [2.05, 4.69) is 0 Å². The topological polar surface area (TPSA) is 485 Å². The summed E-state index contributed by atoms with van der Waals surface area (Å²) >= 11 is 0. The lowest BCUT2D eigenvalue weighted by Gasteiger charge is -2.15. The van der Waals surface area contributed by atoms with Gasteiger partial charge in [-0.2, -0.15) is 0 Å². The van der Waals surface area contributed by atoms with Crippen molar-refractivity contribution in [1.82, 2.24) is 54.8 Å². The molecule has 0 saturated carbocycles. The smallest absolute Gasteiger partial charge is 0.243 e. The number of hydrogen-bond donors (Lipinski definition) is 0. The fourth-order valence-corrected chi connectivity index (χ4v) is 6.90. The van der Waals surface area contributed by atoms with E-state index in [0.29, 0.717) is 0 Å². The van der Waals surface area contributed by atoms with E-state index < -0.39 is 47.4 Å². The summed E-state index contributed by atoms with van der Waals surface area (Å²) in [6.45, 7) is 0. The molecule has 0 aliphatic carbocycles. The number of nitrogens with zero attached hydrogens (tertiary/aromatic N) is 24. The summed E-state index contributed by atoms with van der Waals surface area (Å²) in [7, 11) is 14.2. The van der Waals surface area contributed by atoms with Crippen LogP contribution < -0.4 is 114 Å². The molecule has 42 nitrogen and oxygen atoms in total. The Morgan fingerprint density at radius 2 is 0.211 bits per heavy atom. The van der Waals surface area contributed by atoms with Gasteiger partial charge in [0.05, 0.1) is 169 Å². The molecule has 0 N–H and O–H groups in total. The molecule has 114 heavy (non-hydrogen) atoms. The van der Waals surface area contributed by atoms with Crippen LogP contribution in [0.25, 0.3) is 0 Å². The fourth-order valence-electron chi connectivity index (χ4n) is 6.90. The van der Waals surface area contributed by atoms with Crippen molar-refractivity contribution in [2.45, 2.75) is 0 Å². The van der Waals surface area contributed by atoms with Gasteiger partial charge in [0, 0.05) is 0 Å². The van der Waals surface area contributed by atoms with Gasteiger partial charge in [-0.3, -0.25) is 0 Å². The second-order valence-electron chi connectivity index (χ2n) is 23.5. The van der Waals surface area contributed by atoms with Crippen LogP contribution in [0.3, 0.4) is 0 Å². The van der Waals surface area contributed by atoms with Gasteiger partial charge in [0.2, 0.25) is 75.9 Å². The Bertz CT molecular complexity index is 3480. The molecule has 0 aromatic carbocycles. The number of rotatable bonds is 0. The summed E-state index contributed by atoms with van der Waals surface area (Å²) in [4.78, 5) is 101. The molecule has 648 valence electrons. The van der Waals surface area contributed by atoms with E-state index in [0.717, 1.165) is 0 Å². The third-order valence-corrected chi connectivity index (χ3v) is 10.8. The zero-order valence-electron chi connectivity index (χ0n) is 67.8. The molecular formula is C60H108F6N24O18P6. The Labute approximate surface area is 659 Å². The van der Waals surface area contributed by atoms with E-state index >= 15 is 0 Å². The SMILES string of the molecule is Cn1cc[n+](C)c1.Cn1cc[n+](C)c1.Cn1cc[n+](C)c1.Cn1cc[n+](C)c1.Cn1cc[n+](C)c1.Cn1cc[n+](C)c1.Cn1cc[n+](C)c1.Cn1cc[n+](C)c1.Cn1cc[n+](C)c1.Cn1cc[n+](C)c1.Cn1cc[n+](C)c1.Cn1cc[n+](C)c1.O=P([O-])([O-])F.O=P([O-])([O-])F.O=P([O-])([O-])F.O=P([O-])([O-])F.O=P([O-])([O-])F.O=P([O-])([O-])F. The van der Waals surface area contributed by atoms with E-state index in [1.165, 1.54) is 0 Å². The standard InChI is InChI=1S/12C5H9N2.6FH2O3P/c12*1-6-3-4-7(2)5-6;6*1-5(2,3)4/h12*3-5H,1-2H3;6*(H2,2,3,4)/q12*+1;;;;;;/p-12. The summed E-state index contributed by atoms with van der Waals surface area (Å²) in [5.41, 5.74) is 0. The largest absolute Gasteiger partial charge is 0.786 e. The van der Waals surface area contributed by atoms with Crippen LogP contribution in [-0.4, -0.2) is 54.8 Å². The highest BCUT2D eigenvalue weighted by molar-refractivity contribution is 7.43. The van der Waals surface area contributed by atoms with Crippen LogP contribution in [0.4, 0.5) is 25.2 Å². The Hall–Kier alpha value is -9.00. The maximum absolute atomic E-state index is 10.1. The molecule has 54 heteroatoms. The van der Waals surface area contributed by atoms with E-state index in [4.69, 9.17) is 86.1 Å². The zero-order valence-corrected chi connectivity index (χ0v) is 73.2. The van der Waals surface area contributed by atoms with Crippen LogP contribution in [0.5, 0.6) is 0 Å². The number of aryl methyl sites for hydroxylation is 24. The van der Waals surface area contributed by atoms with Gasteiger partial charge in [-0.05, 0) is 0 Å². The second kappa shape index (κ2) is 60.5. The highest BCUT2D eigenvalue weighted by Crippen LogP contribution is 2.24. The van der Waals surface area contributed by atoms with Crippen molar-refractivity contribution in [3.8, 4) is 0 Å². The third kappa shape index (κ3) is 109. The molecular weight excluding hydrogens is 1640 g/mol. The van der Waals surface area contributed by atoms with Crippen molar-refractivity contribution in [2.24, 2.45) is 169 Å². The van der Waals surface area contributed by atoms with Crippen LogP contribution >= 0.6 is 47.4 Å². The molecule has 0 atom stereocenters. The number of halogens is 6. The Morgan fingerprint density at radius 3 is 0.219 bits per heavy atom. The number of aromatic nitrogens is 24. The molecule has 12 aromatic rings. The highest BCUT2D eigenvalue weighted by atomic mass is 31.2. The lowest BCUT2D eigenvalue weighted by atomic mass is 10.9. The number of hydrogen-bond acceptors (Lipinski definition) is 18. The molecule has 12 rings (SSSR count). The Kier molecular flexibility index (Phi) is 61.5. The lowest BCUT2D eigenvalue weighted by molar-refractivity contribution is -0.671. The summed E-state index contributed by atoms with van der Waals surface area (Å²) in [6, 6.07) is 0. The van der Waals surface area contributed by atoms with Crippen molar-refractivity contribution in [2.75, 3.05) is 0 Å². The molecule has 0 radical (unpaired) electrons. The summed E-state index contributed by atoms with van der Waals surface area (Å²) in [5, 5.41) is 0. The molecule has 12 aromatic heterocycles. The van der Waals surface area contributed by atoms with Gasteiger partial charge >= 0.3 is 0 Å². The first kappa shape index (κ1) is 116. The number of imidazole rings is 12. The molecule has 0 spiro atoms. The third-order valence-electron chi connectivity index (χ3n) is 10.8. The van der Waals surface area contributed by atoms with Gasteiger partial charge in [0.1, 0.15) is 196 Å². The maximum Gasteiger partial charge on any atom is 0.243 e. The normalized spacial score (nSPS) is 10.1.